The molecule has 0 atom stereocenters. The summed E-state index contributed by atoms with van der Waals surface area (Å²) in [5.74, 6) is -1.13. The highest BCUT2D eigenvalue weighted by Gasteiger charge is 2.25. The first-order chi connectivity index (χ1) is 14.6. The molecular weight excluding hydrogens is 461 g/mol. The van der Waals surface area contributed by atoms with Crippen LogP contribution in [0.25, 0.3) is 0 Å². The number of benzene rings is 3. The van der Waals surface area contributed by atoms with Gasteiger partial charge in [-0.25, -0.2) is 8.42 Å². The van der Waals surface area contributed by atoms with Crippen LogP contribution < -0.4 is 15.4 Å². The molecule has 3 aromatic rings. The number of sulfonamides is 1. The van der Waals surface area contributed by atoms with Crippen LogP contribution in [0.1, 0.15) is 20.7 Å². The lowest BCUT2D eigenvalue weighted by atomic mass is 10.1. The zero-order valence-electron chi connectivity index (χ0n) is 16.2. The van der Waals surface area contributed by atoms with Crippen molar-refractivity contribution in [3.05, 3.63) is 87.9 Å². The first kappa shape index (κ1) is 22.6. The Morgan fingerprint density at radius 1 is 0.903 bits per heavy atom. The molecular formula is C21H17Cl2N3O4S. The number of carbonyl (C=O) groups excluding carboxylic acids is 2. The second kappa shape index (κ2) is 8.97. The Morgan fingerprint density at radius 3 is 2.06 bits per heavy atom. The van der Waals surface area contributed by atoms with Gasteiger partial charge in [-0.2, -0.15) is 0 Å². The highest BCUT2D eigenvalue weighted by molar-refractivity contribution is 7.93. The average molecular weight is 478 g/mol. The molecule has 3 aromatic carbocycles. The zero-order valence-corrected chi connectivity index (χ0v) is 18.5. The van der Waals surface area contributed by atoms with Crippen LogP contribution in [0.3, 0.4) is 0 Å². The third kappa shape index (κ3) is 4.99. The van der Waals surface area contributed by atoms with E-state index in [1.54, 1.807) is 24.3 Å². The molecule has 0 aliphatic rings. The quantitative estimate of drug-likeness (QED) is 0.554. The largest absolute Gasteiger partial charge is 0.366 e. The first-order valence-electron chi connectivity index (χ1n) is 8.85. The van der Waals surface area contributed by atoms with Gasteiger partial charge in [0.1, 0.15) is 4.90 Å². The van der Waals surface area contributed by atoms with Crippen molar-refractivity contribution < 1.29 is 18.0 Å². The van der Waals surface area contributed by atoms with E-state index in [0.29, 0.717) is 22.0 Å². The van der Waals surface area contributed by atoms with Crippen LogP contribution in [0, 0.1) is 0 Å². The van der Waals surface area contributed by atoms with Gasteiger partial charge in [-0.15, -0.1) is 0 Å². The predicted octanol–water partition coefficient (Wildman–Crippen LogP) is 4.17. The summed E-state index contributed by atoms with van der Waals surface area (Å²) in [6, 6.07) is 16.2. The molecule has 0 aliphatic heterocycles. The summed E-state index contributed by atoms with van der Waals surface area (Å²) in [6.07, 6.45) is 0. The summed E-state index contributed by atoms with van der Waals surface area (Å²) >= 11 is 12.0. The number of carbonyl (C=O) groups is 2. The lowest BCUT2D eigenvalue weighted by Gasteiger charge is -2.20. The van der Waals surface area contributed by atoms with E-state index in [-0.39, 0.29) is 15.5 Å². The smallest absolute Gasteiger partial charge is 0.265 e. The maximum absolute atomic E-state index is 13.1. The molecule has 0 radical (unpaired) electrons. The van der Waals surface area contributed by atoms with Gasteiger partial charge >= 0.3 is 0 Å². The van der Waals surface area contributed by atoms with Gasteiger partial charge in [0, 0.05) is 28.9 Å². The van der Waals surface area contributed by atoms with Crippen LogP contribution in [0.15, 0.2) is 71.6 Å². The molecule has 10 heteroatoms. The molecule has 0 fully saturated rings. The van der Waals surface area contributed by atoms with Crippen molar-refractivity contribution in [1.82, 2.24) is 0 Å². The van der Waals surface area contributed by atoms with Crippen molar-refractivity contribution in [2.24, 2.45) is 5.73 Å². The molecule has 3 rings (SSSR count). The molecule has 0 saturated heterocycles. The second-order valence-electron chi connectivity index (χ2n) is 6.49. The highest BCUT2D eigenvalue weighted by Crippen LogP contribution is 2.29. The summed E-state index contributed by atoms with van der Waals surface area (Å²) in [4.78, 5) is 23.6. The molecule has 0 aliphatic carbocycles. The number of hydrogen-bond acceptors (Lipinski definition) is 4. The summed E-state index contributed by atoms with van der Waals surface area (Å²) in [7, 11) is -2.68. The van der Waals surface area contributed by atoms with E-state index in [1.165, 1.54) is 49.5 Å². The van der Waals surface area contributed by atoms with Crippen molar-refractivity contribution in [1.29, 1.82) is 0 Å². The van der Waals surface area contributed by atoms with Gasteiger partial charge in [0.05, 0.1) is 10.7 Å². The summed E-state index contributed by atoms with van der Waals surface area (Å²) in [5, 5.41) is 3.08. The summed E-state index contributed by atoms with van der Waals surface area (Å²) in [5.41, 5.74) is 6.37. The Bertz CT molecular complexity index is 1240. The number of anilines is 2. The van der Waals surface area contributed by atoms with E-state index in [1.807, 2.05) is 0 Å². The van der Waals surface area contributed by atoms with E-state index >= 15 is 0 Å². The molecule has 0 saturated carbocycles. The van der Waals surface area contributed by atoms with E-state index in [4.69, 9.17) is 28.9 Å². The number of rotatable bonds is 6. The molecule has 2 amide bonds. The number of amides is 2. The number of nitrogens with two attached hydrogens (primary N) is 1. The zero-order chi connectivity index (χ0) is 22.8. The van der Waals surface area contributed by atoms with Crippen molar-refractivity contribution in [2.45, 2.75) is 4.90 Å². The van der Waals surface area contributed by atoms with Gasteiger partial charge in [0.25, 0.3) is 15.9 Å². The lowest BCUT2D eigenvalue weighted by Crippen LogP contribution is -2.27. The van der Waals surface area contributed by atoms with Crippen LogP contribution in [0.5, 0.6) is 0 Å². The Balaban J connectivity index is 1.89. The van der Waals surface area contributed by atoms with Gasteiger partial charge < -0.3 is 11.1 Å². The van der Waals surface area contributed by atoms with Gasteiger partial charge in [-0.1, -0.05) is 23.2 Å². The maximum atomic E-state index is 13.1. The SMILES string of the molecule is CN(c1ccc(Cl)cc1)S(=O)(=O)c1cc(C(=O)Nc2ccc(C(N)=O)cc2)ccc1Cl. The van der Waals surface area contributed by atoms with Crippen molar-refractivity contribution in [3.8, 4) is 0 Å². The number of primary amides is 1. The minimum atomic E-state index is -4.05. The van der Waals surface area contributed by atoms with E-state index in [2.05, 4.69) is 5.32 Å². The monoisotopic (exact) mass is 477 g/mol. The number of halogens is 2. The van der Waals surface area contributed by atoms with Gasteiger partial charge in [0.15, 0.2) is 0 Å². The van der Waals surface area contributed by atoms with Crippen LogP contribution in [-0.4, -0.2) is 27.3 Å². The van der Waals surface area contributed by atoms with Crippen LogP contribution in [0.2, 0.25) is 10.0 Å². The Labute approximate surface area is 189 Å². The van der Waals surface area contributed by atoms with Crippen molar-refractivity contribution in [3.63, 3.8) is 0 Å². The normalized spacial score (nSPS) is 11.1. The average Bonchev–Trinajstić information content (AvgIpc) is 2.74. The summed E-state index contributed by atoms with van der Waals surface area (Å²) < 4.78 is 27.3. The third-order valence-electron chi connectivity index (χ3n) is 4.45. The highest BCUT2D eigenvalue weighted by atomic mass is 35.5. The van der Waals surface area contributed by atoms with Crippen molar-refractivity contribution in [2.75, 3.05) is 16.7 Å². The van der Waals surface area contributed by atoms with E-state index in [0.717, 1.165) is 4.31 Å². The van der Waals surface area contributed by atoms with E-state index in [9.17, 15) is 18.0 Å². The molecule has 31 heavy (non-hydrogen) atoms. The number of nitrogens with zero attached hydrogens (tertiary/aromatic N) is 1. The predicted molar refractivity (Wildman–Crippen MR) is 121 cm³/mol. The first-order valence-corrected chi connectivity index (χ1v) is 11.0. The summed E-state index contributed by atoms with van der Waals surface area (Å²) in [6.45, 7) is 0. The minimum absolute atomic E-state index is 0.0248. The van der Waals surface area contributed by atoms with Crippen LogP contribution in [0.4, 0.5) is 11.4 Å². The maximum Gasteiger partial charge on any atom is 0.265 e. The fourth-order valence-corrected chi connectivity index (χ4v) is 4.52. The van der Waals surface area contributed by atoms with Gasteiger partial charge in [-0.3, -0.25) is 13.9 Å². The van der Waals surface area contributed by atoms with E-state index < -0.39 is 21.8 Å². The molecule has 0 bridgehead atoms. The molecule has 7 nitrogen and oxygen atoms in total. The molecule has 0 unspecified atom stereocenters. The Morgan fingerprint density at radius 2 is 1.48 bits per heavy atom. The van der Waals surface area contributed by atoms with Crippen LogP contribution in [-0.2, 0) is 10.0 Å². The van der Waals surface area contributed by atoms with Crippen molar-refractivity contribution >= 4 is 56.4 Å². The Kier molecular flexibility index (Phi) is 6.54. The number of nitrogens with one attached hydrogen (secondary N) is 1. The molecule has 0 heterocycles. The molecule has 0 aromatic heterocycles. The molecule has 160 valence electrons. The standard InChI is InChI=1S/C21H17Cl2N3O4S/c1-26(17-9-5-15(22)6-10-17)31(29,30)19-12-14(4-11-18(19)23)21(28)25-16-7-2-13(3-8-16)20(24)27/h2-12H,1H3,(H2,24,27)(H,25,28). The fourth-order valence-electron chi connectivity index (χ4n) is 2.70. The Hall–Kier alpha value is -3.07. The van der Waals surface area contributed by atoms with Gasteiger partial charge in [-0.05, 0) is 66.7 Å². The van der Waals surface area contributed by atoms with Crippen LogP contribution >= 0.6 is 23.2 Å². The lowest BCUT2D eigenvalue weighted by molar-refractivity contribution is 0.0998. The molecule has 3 N–H and O–H groups in total. The number of hydrogen-bond donors (Lipinski definition) is 2. The fraction of sp³-hybridized carbons (Fsp3) is 0.0476. The minimum Gasteiger partial charge on any atom is -0.366 e. The second-order valence-corrected chi connectivity index (χ2v) is 9.27. The van der Waals surface area contributed by atoms with Gasteiger partial charge in [0.2, 0.25) is 5.91 Å². The third-order valence-corrected chi connectivity index (χ3v) is 6.97. The molecule has 0 spiro atoms. The topological polar surface area (TPSA) is 110 Å².